The normalized spacial score (nSPS) is 45.0. The lowest BCUT2D eigenvalue weighted by atomic mass is 9.64. The molecule has 2 saturated carbocycles. The third-order valence-corrected chi connectivity index (χ3v) is 7.18. The summed E-state index contributed by atoms with van der Waals surface area (Å²) in [4.78, 5) is 36.1. The first kappa shape index (κ1) is 18.7. The molecule has 5 rings (SSSR count). The quantitative estimate of drug-likeness (QED) is 0.231. The van der Waals surface area contributed by atoms with Crippen molar-refractivity contribution >= 4 is 17.9 Å². The Hall–Kier alpha value is -2.35. The van der Waals surface area contributed by atoms with Crippen LogP contribution in [-0.4, -0.2) is 47.6 Å². The molecule has 0 radical (unpaired) electrons. The molecule has 0 amide bonds. The van der Waals surface area contributed by atoms with Gasteiger partial charge in [-0.15, -0.1) is 0 Å². The molecule has 2 aliphatic carbocycles. The third kappa shape index (κ3) is 2.21. The van der Waals surface area contributed by atoms with Crippen molar-refractivity contribution in [3.05, 3.63) is 23.5 Å². The Balaban J connectivity index is 1.51. The van der Waals surface area contributed by atoms with E-state index in [1.807, 2.05) is 0 Å². The summed E-state index contributed by atoms with van der Waals surface area (Å²) in [6.07, 6.45) is 3.37. The molecule has 8 nitrogen and oxygen atoms in total. The summed E-state index contributed by atoms with van der Waals surface area (Å²) in [5.41, 5.74) is -0.835. The van der Waals surface area contributed by atoms with Gasteiger partial charge in [-0.05, 0) is 26.2 Å². The minimum absolute atomic E-state index is 0.236. The first-order valence-corrected chi connectivity index (χ1v) is 9.96. The average Bonchev–Trinajstić information content (AvgIpc) is 2.99. The average molecular weight is 404 g/mol. The van der Waals surface area contributed by atoms with E-state index >= 15 is 0 Å². The number of rotatable bonds is 3. The van der Waals surface area contributed by atoms with Gasteiger partial charge in [-0.25, -0.2) is 9.59 Å². The molecule has 5 aliphatic rings. The molecule has 0 bridgehead atoms. The second-order valence-corrected chi connectivity index (χ2v) is 9.18. The Morgan fingerprint density at radius 2 is 1.97 bits per heavy atom. The summed E-state index contributed by atoms with van der Waals surface area (Å²) >= 11 is 0. The minimum Gasteiger partial charge on any atom is -0.459 e. The Morgan fingerprint density at radius 3 is 2.62 bits per heavy atom. The molecule has 8 heteroatoms. The van der Waals surface area contributed by atoms with Gasteiger partial charge in [-0.1, -0.05) is 13.8 Å². The fourth-order valence-corrected chi connectivity index (χ4v) is 5.97. The van der Waals surface area contributed by atoms with Gasteiger partial charge in [0.1, 0.15) is 23.4 Å². The fraction of sp³-hybridized carbons (Fsp3) is 0.667. The van der Waals surface area contributed by atoms with Gasteiger partial charge >= 0.3 is 17.9 Å². The zero-order chi connectivity index (χ0) is 20.8. The molecule has 156 valence electrons. The molecule has 2 unspecified atom stereocenters. The third-order valence-electron chi connectivity index (χ3n) is 7.18. The largest absolute Gasteiger partial charge is 0.459 e. The molecular formula is C21H24O8. The van der Waals surface area contributed by atoms with Gasteiger partial charge in [0, 0.05) is 24.0 Å². The van der Waals surface area contributed by atoms with E-state index in [-0.39, 0.29) is 11.0 Å². The van der Waals surface area contributed by atoms with Gasteiger partial charge in [-0.3, -0.25) is 4.79 Å². The smallest absolute Gasteiger partial charge is 0.338 e. The minimum atomic E-state index is -0.892. The summed E-state index contributed by atoms with van der Waals surface area (Å²) < 4.78 is 28.5. The molecule has 0 aromatic rings. The molecule has 0 aromatic heterocycles. The molecular weight excluding hydrogens is 380 g/mol. The van der Waals surface area contributed by atoms with E-state index in [2.05, 4.69) is 13.8 Å². The van der Waals surface area contributed by atoms with Crippen molar-refractivity contribution < 1.29 is 38.1 Å². The van der Waals surface area contributed by atoms with E-state index in [0.717, 1.165) is 19.3 Å². The van der Waals surface area contributed by atoms with E-state index in [0.29, 0.717) is 5.57 Å². The molecule has 3 heterocycles. The summed E-state index contributed by atoms with van der Waals surface area (Å²) in [5.74, 6) is -1.90. The second-order valence-electron chi connectivity index (χ2n) is 9.18. The summed E-state index contributed by atoms with van der Waals surface area (Å²) in [6.45, 7) is 7.20. The summed E-state index contributed by atoms with van der Waals surface area (Å²) in [6, 6.07) is 0. The lowest BCUT2D eigenvalue weighted by Gasteiger charge is -2.38. The topological polar surface area (TPSA) is 101 Å². The van der Waals surface area contributed by atoms with Crippen molar-refractivity contribution in [3.8, 4) is 0 Å². The highest BCUT2D eigenvalue weighted by Crippen LogP contribution is 2.76. The van der Waals surface area contributed by atoms with Crippen molar-refractivity contribution in [1.82, 2.24) is 0 Å². The van der Waals surface area contributed by atoms with Crippen LogP contribution in [0.1, 0.15) is 47.0 Å². The van der Waals surface area contributed by atoms with E-state index < -0.39 is 53.5 Å². The van der Waals surface area contributed by atoms with Crippen molar-refractivity contribution in [3.63, 3.8) is 0 Å². The molecule has 4 fully saturated rings. The Bertz CT molecular complexity index is 885. The highest BCUT2D eigenvalue weighted by molar-refractivity contribution is 5.93. The number of hydrogen-bond acceptors (Lipinski definition) is 8. The van der Waals surface area contributed by atoms with Gasteiger partial charge < -0.3 is 23.7 Å². The maximum atomic E-state index is 12.7. The Labute approximate surface area is 168 Å². The van der Waals surface area contributed by atoms with Crippen LogP contribution in [0.25, 0.3) is 0 Å². The zero-order valence-corrected chi connectivity index (χ0v) is 16.9. The van der Waals surface area contributed by atoms with Crippen LogP contribution in [0.2, 0.25) is 0 Å². The van der Waals surface area contributed by atoms with Gasteiger partial charge in [0.05, 0.1) is 17.8 Å². The Morgan fingerprint density at radius 1 is 1.21 bits per heavy atom. The highest BCUT2D eigenvalue weighted by atomic mass is 16.7. The number of epoxide rings is 1. The number of carbonyl (C=O) groups excluding carboxylic acids is 3. The number of hydrogen-bond donors (Lipinski definition) is 0. The molecule has 6 atom stereocenters. The SMILES string of the molecule is CC(=O)O[C@H]1[C@@H]2/C(=C\O[C@H]3C=C(C)C(=O)O3)C(=O)O[C@@H]2C23OC12CCCC3(C)C. The van der Waals surface area contributed by atoms with Crippen molar-refractivity contribution in [2.24, 2.45) is 11.3 Å². The van der Waals surface area contributed by atoms with E-state index in [4.69, 9.17) is 23.7 Å². The summed E-state index contributed by atoms with van der Waals surface area (Å²) in [7, 11) is 0. The van der Waals surface area contributed by atoms with Crippen LogP contribution in [0.5, 0.6) is 0 Å². The molecule has 3 aliphatic heterocycles. The number of esters is 3. The maximum absolute atomic E-state index is 12.7. The first-order chi connectivity index (χ1) is 13.6. The monoisotopic (exact) mass is 404 g/mol. The van der Waals surface area contributed by atoms with Gasteiger partial charge in [0.2, 0.25) is 0 Å². The van der Waals surface area contributed by atoms with Crippen LogP contribution in [0.3, 0.4) is 0 Å². The highest BCUT2D eigenvalue weighted by Gasteiger charge is 2.92. The van der Waals surface area contributed by atoms with Gasteiger partial charge in [-0.2, -0.15) is 0 Å². The van der Waals surface area contributed by atoms with Crippen LogP contribution in [0.4, 0.5) is 0 Å². The van der Waals surface area contributed by atoms with Crippen LogP contribution in [-0.2, 0) is 38.1 Å². The molecule has 29 heavy (non-hydrogen) atoms. The van der Waals surface area contributed by atoms with Crippen LogP contribution in [0, 0.1) is 11.3 Å². The number of fused-ring (bicyclic) bond motifs is 1. The van der Waals surface area contributed by atoms with Crippen molar-refractivity contribution in [1.29, 1.82) is 0 Å². The predicted molar refractivity (Wildman–Crippen MR) is 95.9 cm³/mol. The molecule has 0 spiro atoms. The van der Waals surface area contributed by atoms with E-state index in [9.17, 15) is 14.4 Å². The van der Waals surface area contributed by atoms with Crippen LogP contribution in [0.15, 0.2) is 23.5 Å². The van der Waals surface area contributed by atoms with E-state index in [1.165, 1.54) is 19.3 Å². The first-order valence-electron chi connectivity index (χ1n) is 9.96. The predicted octanol–water partition coefficient (Wildman–Crippen LogP) is 1.92. The van der Waals surface area contributed by atoms with Crippen molar-refractivity contribution in [2.45, 2.75) is 76.7 Å². The van der Waals surface area contributed by atoms with E-state index in [1.54, 1.807) is 6.92 Å². The lowest BCUT2D eigenvalue weighted by Crippen LogP contribution is -2.49. The number of ether oxygens (including phenoxy) is 5. The maximum Gasteiger partial charge on any atom is 0.338 e. The second kappa shape index (κ2) is 5.62. The molecule has 2 saturated heterocycles. The zero-order valence-electron chi connectivity index (χ0n) is 16.9. The Kier molecular flexibility index (Phi) is 3.62. The fourth-order valence-electron chi connectivity index (χ4n) is 5.97. The molecule has 0 N–H and O–H groups in total. The summed E-state index contributed by atoms with van der Waals surface area (Å²) in [5, 5.41) is 0. The van der Waals surface area contributed by atoms with Crippen LogP contribution >= 0.6 is 0 Å². The number of cyclic esters (lactones) is 1. The lowest BCUT2D eigenvalue weighted by molar-refractivity contribution is -0.155. The standard InChI is InChI=1S/C21H24O8/c1-10-8-13(27-17(10)23)25-9-12-14-15(26-11(2)22)20-7-5-6-19(3,4)21(20,29-20)16(14)28-18(12)24/h8-9,13-16H,5-7H2,1-4H3/b12-9+/t13-,14+,15+,16+,20?,21?/m1/s1. The van der Waals surface area contributed by atoms with Crippen LogP contribution < -0.4 is 0 Å². The number of carbonyl (C=O) groups is 3. The van der Waals surface area contributed by atoms with Crippen molar-refractivity contribution in [2.75, 3.05) is 0 Å². The van der Waals surface area contributed by atoms with Gasteiger partial charge in [0.15, 0.2) is 0 Å². The molecule has 0 aromatic carbocycles. The van der Waals surface area contributed by atoms with Gasteiger partial charge in [0.25, 0.3) is 6.29 Å².